The van der Waals surface area contributed by atoms with Gasteiger partial charge in [0.2, 0.25) is 0 Å². The summed E-state index contributed by atoms with van der Waals surface area (Å²) in [5.74, 6) is -0.897. The zero-order chi connectivity index (χ0) is 19.0. The van der Waals surface area contributed by atoms with Gasteiger partial charge in [-0.1, -0.05) is 0 Å². The van der Waals surface area contributed by atoms with Gasteiger partial charge in [-0.2, -0.15) is 0 Å². The van der Waals surface area contributed by atoms with Crippen molar-refractivity contribution in [1.82, 2.24) is 9.88 Å². The van der Waals surface area contributed by atoms with E-state index >= 15 is 0 Å². The van der Waals surface area contributed by atoms with Crippen LogP contribution in [0.4, 0.5) is 4.39 Å². The zero-order valence-electron chi connectivity index (χ0n) is 14.6. The second-order valence-corrected chi connectivity index (χ2v) is 7.32. The number of carboxylic acids is 1. The van der Waals surface area contributed by atoms with Crippen LogP contribution in [-0.2, 0) is 4.79 Å². The SMILES string of the molecule is O=C(O)C[C@@H]1CC2(CC2)CN1C(=O)c1ccncc1Oc1ccc(F)cc1. The van der Waals surface area contributed by atoms with Crippen molar-refractivity contribution < 1.29 is 23.8 Å². The lowest BCUT2D eigenvalue weighted by atomic mass is 10.0. The quantitative estimate of drug-likeness (QED) is 0.872. The van der Waals surface area contributed by atoms with Gasteiger partial charge in [-0.15, -0.1) is 0 Å². The van der Waals surface area contributed by atoms with Crippen molar-refractivity contribution in [3.63, 3.8) is 0 Å². The molecule has 1 aliphatic carbocycles. The Hall–Kier alpha value is -2.96. The average Bonchev–Trinajstić information content (AvgIpc) is 3.30. The molecule has 0 unspecified atom stereocenters. The molecule has 1 aromatic carbocycles. The largest absolute Gasteiger partial charge is 0.481 e. The number of hydrogen-bond donors (Lipinski definition) is 1. The molecule has 6 nitrogen and oxygen atoms in total. The molecule has 2 heterocycles. The summed E-state index contributed by atoms with van der Waals surface area (Å²) in [6, 6.07) is 6.74. The fourth-order valence-electron chi connectivity index (χ4n) is 3.75. The van der Waals surface area contributed by atoms with Gasteiger partial charge < -0.3 is 14.7 Å². The summed E-state index contributed by atoms with van der Waals surface area (Å²) in [4.78, 5) is 30.1. The second kappa shape index (κ2) is 6.64. The molecule has 2 aliphatic rings. The Balaban J connectivity index is 1.59. The van der Waals surface area contributed by atoms with Gasteiger partial charge in [-0.25, -0.2) is 4.39 Å². The highest BCUT2D eigenvalue weighted by Crippen LogP contribution is 2.55. The summed E-state index contributed by atoms with van der Waals surface area (Å²) in [5.41, 5.74) is 0.406. The number of carboxylic acid groups (broad SMARTS) is 1. The summed E-state index contributed by atoms with van der Waals surface area (Å²) in [6.45, 7) is 0.572. The Morgan fingerprint density at radius 2 is 2.00 bits per heavy atom. The van der Waals surface area contributed by atoms with Crippen LogP contribution in [0.1, 0.15) is 36.0 Å². The van der Waals surface area contributed by atoms with Crippen LogP contribution >= 0.6 is 0 Å². The van der Waals surface area contributed by atoms with Gasteiger partial charge in [0.1, 0.15) is 11.6 Å². The molecule has 2 fully saturated rings. The molecule has 27 heavy (non-hydrogen) atoms. The maximum Gasteiger partial charge on any atom is 0.305 e. The highest BCUT2D eigenvalue weighted by Gasteiger charge is 2.53. The number of aliphatic carboxylic acids is 1. The Morgan fingerprint density at radius 1 is 1.26 bits per heavy atom. The molecular weight excluding hydrogens is 351 g/mol. The van der Waals surface area contributed by atoms with E-state index < -0.39 is 5.97 Å². The number of pyridine rings is 1. The zero-order valence-corrected chi connectivity index (χ0v) is 14.6. The maximum absolute atomic E-state index is 13.2. The lowest BCUT2D eigenvalue weighted by molar-refractivity contribution is -0.137. The Bertz CT molecular complexity index is 880. The fraction of sp³-hybridized carbons (Fsp3) is 0.350. The number of benzene rings is 1. The van der Waals surface area contributed by atoms with E-state index in [1.807, 2.05) is 0 Å². The minimum absolute atomic E-state index is 0.0628. The molecule has 4 rings (SSSR count). The molecule has 1 amide bonds. The predicted octanol–water partition coefficient (Wildman–Crippen LogP) is 3.48. The number of rotatable bonds is 5. The summed E-state index contributed by atoms with van der Waals surface area (Å²) in [6.07, 6.45) is 5.66. The number of likely N-dealkylation sites (tertiary alicyclic amines) is 1. The van der Waals surface area contributed by atoms with Crippen LogP contribution in [0.25, 0.3) is 0 Å². The summed E-state index contributed by atoms with van der Waals surface area (Å²) in [7, 11) is 0. The highest BCUT2D eigenvalue weighted by atomic mass is 19.1. The van der Waals surface area contributed by atoms with Crippen molar-refractivity contribution in [2.24, 2.45) is 5.41 Å². The lowest BCUT2D eigenvalue weighted by Gasteiger charge is -2.24. The van der Waals surface area contributed by atoms with Crippen molar-refractivity contribution in [2.75, 3.05) is 6.54 Å². The minimum Gasteiger partial charge on any atom is -0.481 e. The number of ether oxygens (including phenoxy) is 1. The number of nitrogens with zero attached hydrogens (tertiary/aromatic N) is 2. The van der Waals surface area contributed by atoms with Crippen molar-refractivity contribution >= 4 is 11.9 Å². The van der Waals surface area contributed by atoms with E-state index in [9.17, 15) is 19.1 Å². The molecule has 0 bridgehead atoms. The fourth-order valence-corrected chi connectivity index (χ4v) is 3.75. The smallest absolute Gasteiger partial charge is 0.305 e. The molecule has 2 aromatic rings. The molecule has 1 aliphatic heterocycles. The van der Waals surface area contributed by atoms with E-state index in [0.717, 1.165) is 19.3 Å². The van der Waals surface area contributed by atoms with Crippen LogP contribution in [0, 0.1) is 11.2 Å². The van der Waals surface area contributed by atoms with Gasteiger partial charge in [-0.05, 0) is 55.0 Å². The Morgan fingerprint density at radius 3 is 2.67 bits per heavy atom. The Labute approximate surface area is 155 Å². The number of amides is 1. The van der Waals surface area contributed by atoms with E-state index in [1.165, 1.54) is 36.7 Å². The molecule has 1 spiro atoms. The monoisotopic (exact) mass is 370 g/mol. The molecule has 1 atom stereocenters. The highest BCUT2D eigenvalue weighted by molar-refractivity contribution is 5.97. The first-order valence-corrected chi connectivity index (χ1v) is 8.86. The first-order valence-electron chi connectivity index (χ1n) is 8.86. The van der Waals surface area contributed by atoms with Crippen molar-refractivity contribution in [2.45, 2.75) is 31.7 Å². The average molecular weight is 370 g/mol. The van der Waals surface area contributed by atoms with Crippen LogP contribution < -0.4 is 4.74 Å². The van der Waals surface area contributed by atoms with Crippen molar-refractivity contribution in [3.8, 4) is 11.5 Å². The number of carbonyl (C=O) groups is 2. The first kappa shape index (κ1) is 17.5. The normalized spacial score (nSPS) is 19.9. The van der Waals surface area contributed by atoms with Crippen LogP contribution in [0.2, 0.25) is 0 Å². The molecule has 1 saturated carbocycles. The van der Waals surface area contributed by atoms with E-state index in [0.29, 0.717) is 17.9 Å². The minimum atomic E-state index is -0.909. The Kier molecular flexibility index (Phi) is 4.30. The van der Waals surface area contributed by atoms with Gasteiger partial charge in [0.15, 0.2) is 5.75 Å². The third-order valence-corrected chi connectivity index (χ3v) is 5.30. The summed E-state index contributed by atoms with van der Waals surface area (Å²) in [5, 5.41) is 9.20. The molecular formula is C20H19FN2O4. The van der Waals surface area contributed by atoms with Gasteiger partial charge in [0, 0.05) is 18.8 Å². The van der Waals surface area contributed by atoms with Crippen LogP contribution in [-0.4, -0.2) is 39.5 Å². The van der Waals surface area contributed by atoms with Crippen LogP contribution in [0.5, 0.6) is 11.5 Å². The van der Waals surface area contributed by atoms with Crippen molar-refractivity contribution in [3.05, 3.63) is 54.1 Å². The standard InChI is InChI=1S/C20H19FN2O4/c21-13-1-3-15(4-2-13)27-17-11-22-8-5-16(17)19(26)23-12-20(6-7-20)10-14(23)9-18(24)25/h1-5,8,11,14H,6-7,9-10,12H2,(H,24,25)/t14-/m1/s1. The molecule has 1 aromatic heterocycles. The molecule has 140 valence electrons. The second-order valence-electron chi connectivity index (χ2n) is 7.32. The molecule has 1 saturated heterocycles. The summed E-state index contributed by atoms with van der Waals surface area (Å²) >= 11 is 0. The number of aromatic nitrogens is 1. The summed E-state index contributed by atoms with van der Waals surface area (Å²) < 4.78 is 18.8. The maximum atomic E-state index is 13.2. The van der Waals surface area contributed by atoms with Gasteiger partial charge in [-0.3, -0.25) is 14.6 Å². The van der Waals surface area contributed by atoms with E-state index in [1.54, 1.807) is 11.0 Å². The number of hydrogen-bond acceptors (Lipinski definition) is 4. The van der Waals surface area contributed by atoms with Crippen molar-refractivity contribution in [1.29, 1.82) is 0 Å². The third-order valence-electron chi connectivity index (χ3n) is 5.30. The van der Waals surface area contributed by atoms with E-state index in [-0.39, 0.29) is 35.4 Å². The van der Waals surface area contributed by atoms with Crippen LogP contribution in [0.15, 0.2) is 42.7 Å². The van der Waals surface area contributed by atoms with Gasteiger partial charge >= 0.3 is 5.97 Å². The predicted molar refractivity (Wildman–Crippen MR) is 94.1 cm³/mol. The van der Waals surface area contributed by atoms with Crippen LogP contribution in [0.3, 0.4) is 0 Å². The third kappa shape index (κ3) is 3.63. The molecule has 0 radical (unpaired) electrons. The first-order chi connectivity index (χ1) is 13.0. The lowest BCUT2D eigenvalue weighted by Crippen LogP contribution is -2.37. The molecule has 1 N–H and O–H groups in total. The number of carbonyl (C=O) groups excluding carboxylic acids is 1. The molecule has 7 heteroatoms. The number of halogens is 1. The van der Waals surface area contributed by atoms with E-state index in [4.69, 9.17) is 4.74 Å². The van der Waals surface area contributed by atoms with E-state index in [2.05, 4.69) is 4.98 Å². The van der Waals surface area contributed by atoms with Gasteiger partial charge in [0.25, 0.3) is 5.91 Å². The van der Waals surface area contributed by atoms with Gasteiger partial charge in [0.05, 0.1) is 18.2 Å². The topological polar surface area (TPSA) is 79.7 Å².